The van der Waals surface area contributed by atoms with Crippen molar-refractivity contribution in [3.63, 3.8) is 0 Å². The molecule has 3 rings (SSSR count). The maximum atomic E-state index is 12.8. The average Bonchev–Trinajstić information content (AvgIpc) is 2.82. The molecular formula is C21H28N2O. The minimum absolute atomic E-state index is 0.0593. The zero-order chi connectivity index (χ0) is 17.3. The third-order valence-corrected chi connectivity index (χ3v) is 4.94. The Balaban J connectivity index is 2.04. The van der Waals surface area contributed by atoms with Gasteiger partial charge in [-0.05, 0) is 70.1 Å². The van der Waals surface area contributed by atoms with Crippen molar-refractivity contribution in [2.75, 3.05) is 0 Å². The highest BCUT2D eigenvalue weighted by Gasteiger charge is 2.26. The smallest absolute Gasteiger partial charge is 0.268 e. The van der Waals surface area contributed by atoms with Crippen molar-refractivity contribution in [2.24, 2.45) is 0 Å². The topological polar surface area (TPSA) is 34.0 Å². The van der Waals surface area contributed by atoms with Gasteiger partial charge in [0.2, 0.25) is 0 Å². The molecule has 128 valence electrons. The van der Waals surface area contributed by atoms with Gasteiger partial charge in [0.15, 0.2) is 0 Å². The zero-order valence-electron chi connectivity index (χ0n) is 15.3. The van der Waals surface area contributed by atoms with Crippen LogP contribution in [0.5, 0.6) is 0 Å². The summed E-state index contributed by atoms with van der Waals surface area (Å²) < 4.78 is 2.27. The molecule has 0 radical (unpaired) electrons. The summed E-state index contributed by atoms with van der Waals surface area (Å²) in [5.41, 5.74) is 7.33. The summed E-state index contributed by atoms with van der Waals surface area (Å²) in [6.07, 6.45) is 4.63. The van der Waals surface area contributed by atoms with Crippen LogP contribution in [0.2, 0.25) is 0 Å². The number of aromatic nitrogens is 1. The van der Waals surface area contributed by atoms with Gasteiger partial charge in [0.05, 0.1) is 0 Å². The molecule has 1 aliphatic carbocycles. The lowest BCUT2D eigenvalue weighted by Gasteiger charge is -2.18. The fourth-order valence-electron chi connectivity index (χ4n) is 3.75. The van der Waals surface area contributed by atoms with E-state index in [4.69, 9.17) is 0 Å². The molecule has 0 bridgehead atoms. The van der Waals surface area contributed by atoms with Crippen molar-refractivity contribution in [3.8, 4) is 0 Å². The normalized spacial score (nSPS) is 13.9. The summed E-state index contributed by atoms with van der Waals surface area (Å²) in [5.74, 6) is 0.0593. The molecule has 1 N–H and O–H groups in total. The Labute approximate surface area is 145 Å². The van der Waals surface area contributed by atoms with Gasteiger partial charge in [-0.25, -0.2) is 0 Å². The van der Waals surface area contributed by atoms with E-state index in [1.165, 1.54) is 40.8 Å². The maximum absolute atomic E-state index is 12.8. The van der Waals surface area contributed by atoms with Crippen LogP contribution in [0, 0.1) is 13.8 Å². The molecule has 3 nitrogen and oxygen atoms in total. The number of hydrogen-bond donors (Lipinski definition) is 1. The van der Waals surface area contributed by atoms with Crippen molar-refractivity contribution in [2.45, 2.75) is 66.0 Å². The minimum Gasteiger partial charge on any atom is -0.349 e. The molecule has 0 saturated carbocycles. The zero-order valence-corrected chi connectivity index (χ0v) is 15.3. The lowest BCUT2D eigenvalue weighted by atomic mass is 9.95. The molecule has 1 amide bonds. The Kier molecular flexibility index (Phi) is 4.79. The van der Waals surface area contributed by atoms with Crippen LogP contribution in [0.1, 0.15) is 65.1 Å². The first kappa shape index (κ1) is 16.8. The van der Waals surface area contributed by atoms with Crippen LogP contribution in [0.3, 0.4) is 0 Å². The highest BCUT2D eigenvalue weighted by atomic mass is 16.2. The van der Waals surface area contributed by atoms with E-state index >= 15 is 0 Å². The summed E-state index contributed by atoms with van der Waals surface area (Å²) in [7, 11) is 0. The van der Waals surface area contributed by atoms with Crippen LogP contribution in [-0.2, 0) is 19.4 Å². The van der Waals surface area contributed by atoms with Crippen molar-refractivity contribution in [3.05, 3.63) is 57.9 Å². The van der Waals surface area contributed by atoms with Crippen molar-refractivity contribution >= 4 is 5.91 Å². The summed E-state index contributed by atoms with van der Waals surface area (Å²) in [5, 5.41) is 3.08. The number of carbonyl (C=O) groups is 1. The van der Waals surface area contributed by atoms with Crippen LogP contribution in [-0.4, -0.2) is 16.5 Å². The second-order valence-corrected chi connectivity index (χ2v) is 7.31. The molecule has 1 aromatic carbocycles. The van der Waals surface area contributed by atoms with Gasteiger partial charge in [0.1, 0.15) is 5.69 Å². The van der Waals surface area contributed by atoms with Crippen LogP contribution in [0.15, 0.2) is 24.3 Å². The van der Waals surface area contributed by atoms with Crippen molar-refractivity contribution in [1.29, 1.82) is 0 Å². The molecule has 0 saturated heterocycles. The molecule has 0 fully saturated rings. The monoisotopic (exact) mass is 324 g/mol. The van der Waals surface area contributed by atoms with Gasteiger partial charge in [-0.2, -0.15) is 0 Å². The lowest BCUT2D eigenvalue weighted by Crippen LogP contribution is -2.32. The number of rotatable bonds is 4. The van der Waals surface area contributed by atoms with Gasteiger partial charge >= 0.3 is 0 Å². The van der Waals surface area contributed by atoms with Gasteiger partial charge in [-0.3, -0.25) is 4.79 Å². The number of hydrogen-bond acceptors (Lipinski definition) is 1. The quantitative estimate of drug-likeness (QED) is 0.900. The van der Waals surface area contributed by atoms with E-state index in [0.717, 1.165) is 25.1 Å². The van der Waals surface area contributed by atoms with E-state index in [-0.39, 0.29) is 11.9 Å². The fraction of sp³-hybridized carbons (Fsp3) is 0.476. The SMILES string of the molecule is Cc1ccc(Cn2c3c(c(C)c2C(=O)NC(C)C)CCCC3)cc1. The molecule has 0 aliphatic heterocycles. The summed E-state index contributed by atoms with van der Waals surface area (Å²) in [6.45, 7) is 9.02. The number of amides is 1. The molecule has 0 spiro atoms. The first-order valence-electron chi connectivity index (χ1n) is 9.04. The van der Waals surface area contributed by atoms with Crippen LogP contribution in [0.25, 0.3) is 0 Å². The van der Waals surface area contributed by atoms with E-state index in [9.17, 15) is 4.79 Å². The Hall–Kier alpha value is -2.03. The first-order valence-corrected chi connectivity index (χ1v) is 9.04. The van der Waals surface area contributed by atoms with Crippen LogP contribution in [0.4, 0.5) is 0 Å². The Morgan fingerprint density at radius 3 is 2.46 bits per heavy atom. The molecule has 1 heterocycles. The third-order valence-electron chi connectivity index (χ3n) is 4.94. The molecule has 3 heteroatoms. The van der Waals surface area contributed by atoms with E-state index in [1.54, 1.807) is 0 Å². The highest BCUT2D eigenvalue weighted by molar-refractivity contribution is 5.95. The van der Waals surface area contributed by atoms with E-state index < -0.39 is 0 Å². The standard InChI is InChI=1S/C21H28N2O/c1-14(2)22-21(24)20-16(4)18-7-5-6-8-19(18)23(20)13-17-11-9-15(3)10-12-17/h9-12,14H,5-8,13H2,1-4H3,(H,22,24). The molecule has 0 atom stereocenters. The second kappa shape index (κ2) is 6.84. The molecule has 1 aliphatic rings. The number of benzene rings is 1. The van der Waals surface area contributed by atoms with Gasteiger partial charge in [0.25, 0.3) is 5.91 Å². The van der Waals surface area contributed by atoms with Crippen molar-refractivity contribution in [1.82, 2.24) is 9.88 Å². The predicted octanol–water partition coefficient (Wildman–Crippen LogP) is 4.17. The minimum atomic E-state index is 0.0593. The second-order valence-electron chi connectivity index (χ2n) is 7.31. The average molecular weight is 324 g/mol. The molecule has 24 heavy (non-hydrogen) atoms. The molecular weight excluding hydrogens is 296 g/mol. The molecule has 1 aromatic heterocycles. The fourth-order valence-corrected chi connectivity index (χ4v) is 3.75. The predicted molar refractivity (Wildman–Crippen MR) is 98.7 cm³/mol. The number of nitrogens with one attached hydrogen (secondary N) is 1. The van der Waals surface area contributed by atoms with Crippen molar-refractivity contribution < 1.29 is 4.79 Å². The van der Waals surface area contributed by atoms with E-state index in [0.29, 0.717) is 0 Å². The van der Waals surface area contributed by atoms with Crippen LogP contribution < -0.4 is 5.32 Å². The van der Waals surface area contributed by atoms with Gasteiger partial charge in [0, 0.05) is 18.3 Å². The summed E-state index contributed by atoms with van der Waals surface area (Å²) >= 11 is 0. The summed E-state index contributed by atoms with van der Waals surface area (Å²) in [6, 6.07) is 8.78. The van der Waals surface area contributed by atoms with Gasteiger partial charge in [-0.1, -0.05) is 29.8 Å². The number of carbonyl (C=O) groups excluding carboxylic acids is 1. The van der Waals surface area contributed by atoms with E-state index in [1.807, 2.05) is 13.8 Å². The highest BCUT2D eigenvalue weighted by Crippen LogP contribution is 2.30. The first-order chi connectivity index (χ1) is 11.5. The molecule has 0 unspecified atom stereocenters. The molecule has 2 aromatic rings. The Bertz CT molecular complexity index is 738. The Morgan fingerprint density at radius 2 is 1.79 bits per heavy atom. The van der Waals surface area contributed by atoms with Gasteiger partial charge < -0.3 is 9.88 Å². The van der Waals surface area contributed by atoms with E-state index in [2.05, 4.69) is 48.0 Å². The number of nitrogens with zero attached hydrogens (tertiary/aromatic N) is 1. The Morgan fingerprint density at radius 1 is 1.12 bits per heavy atom. The maximum Gasteiger partial charge on any atom is 0.268 e. The van der Waals surface area contributed by atoms with Crippen LogP contribution >= 0.6 is 0 Å². The van der Waals surface area contributed by atoms with Gasteiger partial charge in [-0.15, -0.1) is 0 Å². The summed E-state index contributed by atoms with van der Waals surface area (Å²) in [4.78, 5) is 12.8. The number of aryl methyl sites for hydroxylation is 1. The third kappa shape index (κ3) is 3.26. The number of fused-ring (bicyclic) bond motifs is 1. The lowest BCUT2D eigenvalue weighted by molar-refractivity contribution is 0.0933. The largest absolute Gasteiger partial charge is 0.349 e.